The largest absolute Gasteiger partial charge is 0.509 e. The first kappa shape index (κ1) is 8.82. The molecule has 0 aromatic carbocycles. The Morgan fingerprint density at radius 2 is 2.08 bits per heavy atom. The van der Waals surface area contributed by atoms with Crippen molar-refractivity contribution in [3.8, 4) is 0 Å². The minimum atomic E-state index is -4.99. The van der Waals surface area contributed by atoms with Gasteiger partial charge in [-0.15, -0.1) is 0 Å². The number of hydrogen-bond donors (Lipinski definition) is 0. The summed E-state index contributed by atoms with van der Waals surface area (Å²) in [6, 6.07) is 0. The van der Waals surface area contributed by atoms with E-state index in [1.165, 1.54) is 0 Å². The SMILES string of the molecule is O=C1OCC(C(=O)C(F)(F)F)O1. The highest BCUT2D eigenvalue weighted by atomic mass is 19.4. The average Bonchev–Trinajstić information content (AvgIpc) is 2.32. The Bertz CT molecular complexity index is 221. The van der Waals surface area contributed by atoms with Crippen LogP contribution in [0, 0.1) is 0 Å². The zero-order valence-electron chi connectivity index (χ0n) is 5.55. The van der Waals surface area contributed by atoms with E-state index in [4.69, 9.17) is 0 Å². The zero-order chi connectivity index (χ0) is 9.35. The lowest BCUT2D eigenvalue weighted by molar-refractivity contribution is -0.178. The quantitative estimate of drug-likeness (QED) is 0.561. The molecule has 0 radical (unpaired) electrons. The summed E-state index contributed by atoms with van der Waals surface area (Å²) in [7, 11) is 0. The molecule has 1 unspecified atom stereocenters. The van der Waals surface area contributed by atoms with Gasteiger partial charge in [-0.3, -0.25) is 4.79 Å². The Morgan fingerprint density at radius 3 is 2.42 bits per heavy atom. The van der Waals surface area contributed by atoms with E-state index in [2.05, 4.69) is 9.47 Å². The molecule has 1 atom stereocenters. The number of halogens is 3. The first-order chi connectivity index (χ1) is 5.41. The van der Waals surface area contributed by atoms with Gasteiger partial charge in [-0.1, -0.05) is 0 Å². The van der Waals surface area contributed by atoms with E-state index in [9.17, 15) is 22.8 Å². The van der Waals surface area contributed by atoms with Crippen LogP contribution in [0.15, 0.2) is 0 Å². The van der Waals surface area contributed by atoms with Crippen LogP contribution in [0.1, 0.15) is 0 Å². The van der Waals surface area contributed by atoms with Crippen molar-refractivity contribution < 1.29 is 32.2 Å². The van der Waals surface area contributed by atoms with Gasteiger partial charge in [0.05, 0.1) is 0 Å². The van der Waals surface area contributed by atoms with E-state index in [0.717, 1.165) is 0 Å². The van der Waals surface area contributed by atoms with Crippen molar-refractivity contribution >= 4 is 11.9 Å². The highest BCUT2D eigenvalue weighted by molar-refractivity contribution is 5.90. The van der Waals surface area contributed by atoms with Gasteiger partial charge in [-0.2, -0.15) is 13.2 Å². The molecule has 0 N–H and O–H groups in total. The van der Waals surface area contributed by atoms with E-state index in [1.54, 1.807) is 0 Å². The number of carbonyl (C=O) groups is 2. The van der Waals surface area contributed by atoms with Crippen molar-refractivity contribution in [2.45, 2.75) is 12.3 Å². The van der Waals surface area contributed by atoms with Crippen molar-refractivity contribution in [2.75, 3.05) is 6.61 Å². The molecule has 0 aromatic rings. The Morgan fingerprint density at radius 1 is 1.50 bits per heavy atom. The van der Waals surface area contributed by atoms with Crippen molar-refractivity contribution in [3.63, 3.8) is 0 Å². The highest BCUT2D eigenvalue weighted by Crippen LogP contribution is 2.21. The van der Waals surface area contributed by atoms with Crippen molar-refractivity contribution in [1.29, 1.82) is 0 Å². The van der Waals surface area contributed by atoms with Crippen LogP contribution in [0.2, 0.25) is 0 Å². The molecule has 68 valence electrons. The minimum Gasteiger partial charge on any atom is -0.430 e. The molecule has 0 aliphatic carbocycles. The predicted octanol–water partition coefficient (Wildman–Crippen LogP) is 0.653. The van der Waals surface area contributed by atoms with Crippen LogP contribution in [-0.4, -0.2) is 30.8 Å². The fourth-order valence-corrected chi connectivity index (χ4v) is 0.640. The van der Waals surface area contributed by atoms with Crippen LogP contribution in [0.3, 0.4) is 0 Å². The fraction of sp³-hybridized carbons (Fsp3) is 0.600. The van der Waals surface area contributed by atoms with Crippen LogP contribution >= 0.6 is 0 Å². The van der Waals surface area contributed by atoms with Crippen LogP contribution in [-0.2, 0) is 14.3 Å². The second-order valence-corrected chi connectivity index (χ2v) is 2.03. The first-order valence-electron chi connectivity index (χ1n) is 2.85. The van der Waals surface area contributed by atoms with Crippen LogP contribution < -0.4 is 0 Å². The third-order valence-electron chi connectivity index (χ3n) is 1.16. The molecule has 7 heteroatoms. The highest BCUT2D eigenvalue weighted by Gasteiger charge is 2.48. The number of Topliss-reactive ketones (excluding diaryl/α,β-unsaturated/α-hetero) is 1. The first-order valence-corrected chi connectivity index (χ1v) is 2.85. The van der Waals surface area contributed by atoms with Gasteiger partial charge in [0, 0.05) is 0 Å². The molecule has 0 amide bonds. The van der Waals surface area contributed by atoms with Crippen LogP contribution in [0.5, 0.6) is 0 Å². The van der Waals surface area contributed by atoms with Gasteiger partial charge < -0.3 is 9.47 Å². The third-order valence-corrected chi connectivity index (χ3v) is 1.16. The number of rotatable bonds is 1. The zero-order valence-corrected chi connectivity index (χ0v) is 5.55. The number of hydrogen-bond acceptors (Lipinski definition) is 4. The normalized spacial score (nSPS) is 23.2. The maximum absolute atomic E-state index is 11.6. The molecule has 0 saturated carbocycles. The smallest absolute Gasteiger partial charge is 0.430 e. The molecule has 0 bridgehead atoms. The summed E-state index contributed by atoms with van der Waals surface area (Å²) in [5, 5.41) is 0. The predicted molar refractivity (Wildman–Crippen MR) is 27.3 cm³/mol. The van der Waals surface area contributed by atoms with E-state index in [-0.39, 0.29) is 0 Å². The van der Waals surface area contributed by atoms with Gasteiger partial charge in [0.25, 0.3) is 5.78 Å². The number of alkyl halides is 3. The van der Waals surface area contributed by atoms with Crippen molar-refractivity contribution in [2.24, 2.45) is 0 Å². The number of carbonyl (C=O) groups excluding carboxylic acids is 2. The molecule has 0 spiro atoms. The molecular weight excluding hydrogens is 181 g/mol. The van der Waals surface area contributed by atoms with Crippen molar-refractivity contribution in [1.82, 2.24) is 0 Å². The van der Waals surface area contributed by atoms with E-state index < -0.39 is 30.8 Å². The van der Waals surface area contributed by atoms with Gasteiger partial charge in [0.15, 0.2) is 0 Å². The second-order valence-electron chi connectivity index (χ2n) is 2.03. The number of ether oxygens (including phenoxy) is 2. The number of ketones is 1. The maximum atomic E-state index is 11.6. The summed E-state index contributed by atoms with van der Waals surface area (Å²) < 4.78 is 42.8. The standard InChI is InChI=1S/C5H3F3O4/c6-5(7,8)3(9)2-1-11-4(10)12-2/h2H,1H2. The summed E-state index contributed by atoms with van der Waals surface area (Å²) in [6.45, 7) is -0.669. The van der Waals surface area contributed by atoms with Gasteiger partial charge in [-0.25, -0.2) is 4.79 Å². The molecule has 1 fully saturated rings. The Kier molecular flexibility index (Phi) is 1.95. The average molecular weight is 184 g/mol. The maximum Gasteiger partial charge on any atom is 0.509 e. The third kappa shape index (κ3) is 1.66. The van der Waals surface area contributed by atoms with E-state index in [0.29, 0.717) is 0 Å². The van der Waals surface area contributed by atoms with Gasteiger partial charge in [0.1, 0.15) is 6.61 Å². The topological polar surface area (TPSA) is 52.6 Å². The lowest BCUT2D eigenvalue weighted by Gasteiger charge is -2.07. The summed E-state index contributed by atoms with van der Waals surface area (Å²) in [4.78, 5) is 20.5. The van der Waals surface area contributed by atoms with Crippen molar-refractivity contribution in [3.05, 3.63) is 0 Å². The lowest BCUT2D eigenvalue weighted by atomic mass is 10.2. The Labute approximate surface area is 64.2 Å². The van der Waals surface area contributed by atoms with Crippen LogP contribution in [0.25, 0.3) is 0 Å². The molecule has 1 aliphatic heterocycles. The molecule has 4 nitrogen and oxygen atoms in total. The lowest BCUT2D eigenvalue weighted by Crippen LogP contribution is -2.35. The summed E-state index contributed by atoms with van der Waals surface area (Å²) in [5.74, 6) is -2.10. The summed E-state index contributed by atoms with van der Waals surface area (Å²) in [6.07, 6.45) is -8.08. The van der Waals surface area contributed by atoms with Gasteiger partial charge >= 0.3 is 12.3 Å². The van der Waals surface area contributed by atoms with Crippen LogP contribution in [0.4, 0.5) is 18.0 Å². The molecule has 1 heterocycles. The molecule has 12 heavy (non-hydrogen) atoms. The summed E-state index contributed by atoms with van der Waals surface area (Å²) in [5.41, 5.74) is 0. The van der Waals surface area contributed by atoms with Gasteiger partial charge in [0.2, 0.25) is 6.10 Å². The molecule has 1 saturated heterocycles. The molecule has 0 aromatic heterocycles. The Balaban J connectivity index is 2.61. The molecular formula is C5H3F3O4. The summed E-state index contributed by atoms with van der Waals surface area (Å²) >= 11 is 0. The van der Waals surface area contributed by atoms with E-state index >= 15 is 0 Å². The minimum absolute atomic E-state index is 0.669. The second kappa shape index (κ2) is 2.65. The fourth-order valence-electron chi connectivity index (χ4n) is 0.640. The molecule has 1 rings (SSSR count). The molecule has 1 aliphatic rings. The van der Waals surface area contributed by atoms with Gasteiger partial charge in [-0.05, 0) is 0 Å². The monoisotopic (exact) mass is 184 g/mol. The number of cyclic esters (lactones) is 2. The Hall–Kier alpha value is -1.27. The van der Waals surface area contributed by atoms with E-state index in [1.807, 2.05) is 0 Å².